The van der Waals surface area contributed by atoms with Crippen LogP contribution in [0.4, 0.5) is 0 Å². The summed E-state index contributed by atoms with van der Waals surface area (Å²) in [5.41, 5.74) is 5.92. The van der Waals surface area contributed by atoms with Gasteiger partial charge in [-0.2, -0.15) is 0 Å². The number of para-hydroxylation sites is 2. The third-order valence-electron chi connectivity index (χ3n) is 3.86. The molecule has 0 saturated carbocycles. The summed E-state index contributed by atoms with van der Waals surface area (Å²) in [6, 6.07) is 14.3. The van der Waals surface area contributed by atoms with Gasteiger partial charge in [0.15, 0.2) is 6.61 Å². The minimum absolute atomic E-state index is 0.115. The minimum atomic E-state index is -0.483. The third kappa shape index (κ3) is 5.87. The van der Waals surface area contributed by atoms with Crippen molar-refractivity contribution in [2.75, 3.05) is 13.2 Å². The van der Waals surface area contributed by atoms with Gasteiger partial charge in [-0.1, -0.05) is 63.8 Å². The van der Waals surface area contributed by atoms with Crippen molar-refractivity contribution in [1.82, 2.24) is 10.9 Å². The van der Waals surface area contributed by atoms with E-state index in [1.807, 2.05) is 24.3 Å². The largest absolute Gasteiger partial charge is 0.489 e. The molecule has 0 fully saturated rings. The summed E-state index contributed by atoms with van der Waals surface area (Å²) in [5.74, 6) is 0.0915. The summed E-state index contributed by atoms with van der Waals surface area (Å²) in [6.45, 7) is 9.85. The Morgan fingerprint density at radius 1 is 0.964 bits per heavy atom. The van der Waals surface area contributed by atoms with E-state index >= 15 is 0 Å². The molecule has 2 rings (SSSR count). The van der Waals surface area contributed by atoms with E-state index in [2.05, 4.69) is 38.2 Å². The average Bonchev–Trinajstić information content (AvgIpc) is 2.68. The third-order valence-corrected chi connectivity index (χ3v) is 3.86. The minimum Gasteiger partial charge on any atom is -0.489 e. The van der Waals surface area contributed by atoms with Crippen LogP contribution in [0, 0.1) is 0 Å². The molecule has 2 aromatic rings. The predicted octanol–water partition coefficient (Wildman–Crippen LogP) is 3.39. The van der Waals surface area contributed by atoms with Crippen LogP contribution in [0.1, 0.15) is 36.7 Å². The first kappa shape index (κ1) is 21.0. The van der Waals surface area contributed by atoms with Gasteiger partial charge in [-0.15, -0.1) is 0 Å². The van der Waals surface area contributed by atoms with Crippen LogP contribution in [0.3, 0.4) is 0 Å². The molecule has 0 aliphatic rings. The molecule has 2 aromatic carbocycles. The Bertz CT molecular complexity index is 840. The van der Waals surface area contributed by atoms with Crippen LogP contribution in [0.2, 0.25) is 0 Å². The van der Waals surface area contributed by atoms with Gasteiger partial charge in [0.2, 0.25) is 0 Å². The maximum Gasteiger partial charge on any atom is 0.276 e. The van der Waals surface area contributed by atoms with Gasteiger partial charge in [-0.05, 0) is 29.2 Å². The van der Waals surface area contributed by atoms with Crippen LogP contribution in [0.25, 0.3) is 0 Å². The zero-order valence-corrected chi connectivity index (χ0v) is 16.5. The number of hydrogen-bond donors (Lipinski definition) is 2. The molecule has 148 valence electrons. The van der Waals surface area contributed by atoms with Gasteiger partial charge in [-0.25, -0.2) is 0 Å². The molecule has 0 radical (unpaired) electrons. The van der Waals surface area contributed by atoms with Gasteiger partial charge in [0.1, 0.15) is 18.1 Å². The van der Waals surface area contributed by atoms with Crippen LogP contribution in [-0.2, 0) is 10.2 Å². The van der Waals surface area contributed by atoms with Gasteiger partial charge in [0.25, 0.3) is 11.8 Å². The van der Waals surface area contributed by atoms with Crippen molar-refractivity contribution in [2.24, 2.45) is 0 Å². The highest BCUT2D eigenvalue weighted by molar-refractivity contribution is 5.97. The normalized spacial score (nSPS) is 10.7. The number of hydrazine groups is 1. The van der Waals surface area contributed by atoms with E-state index in [0.717, 1.165) is 5.56 Å². The molecule has 0 unspecified atom stereocenters. The van der Waals surface area contributed by atoms with Crippen molar-refractivity contribution in [3.05, 3.63) is 72.3 Å². The summed E-state index contributed by atoms with van der Waals surface area (Å²) >= 11 is 0. The highest BCUT2D eigenvalue weighted by atomic mass is 16.5. The van der Waals surface area contributed by atoms with E-state index in [9.17, 15) is 9.59 Å². The van der Waals surface area contributed by atoms with Crippen molar-refractivity contribution in [3.8, 4) is 11.5 Å². The molecule has 0 aliphatic carbocycles. The standard InChI is InChI=1S/C22H26N2O4/c1-5-14-27-18-12-8-6-10-16(18)21(26)24-23-20(25)15-28-19-13-9-7-11-17(19)22(2,3)4/h5-13H,1,14-15H2,2-4H3,(H,23,25)(H,24,26). The van der Waals surface area contributed by atoms with Crippen molar-refractivity contribution in [3.63, 3.8) is 0 Å². The lowest BCUT2D eigenvalue weighted by atomic mass is 9.86. The fourth-order valence-corrected chi connectivity index (χ4v) is 2.51. The molecule has 0 bridgehead atoms. The maximum atomic E-state index is 12.3. The summed E-state index contributed by atoms with van der Waals surface area (Å²) in [4.78, 5) is 24.4. The second-order valence-electron chi connectivity index (χ2n) is 7.13. The summed E-state index contributed by atoms with van der Waals surface area (Å²) in [6.07, 6.45) is 1.59. The Morgan fingerprint density at radius 2 is 1.61 bits per heavy atom. The van der Waals surface area contributed by atoms with E-state index in [-0.39, 0.29) is 18.6 Å². The molecule has 0 saturated heterocycles. The number of hydrogen-bond acceptors (Lipinski definition) is 4. The van der Waals surface area contributed by atoms with Crippen LogP contribution >= 0.6 is 0 Å². The predicted molar refractivity (Wildman–Crippen MR) is 108 cm³/mol. The molecule has 0 atom stereocenters. The molecule has 0 aromatic heterocycles. The molecule has 0 aliphatic heterocycles. The highest BCUT2D eigenvalue weighted by Crippen LogP contribution is 2.30. The molecule has 2 N–H and O–H groups in total. The van der Waals surface area contributed by atoms with E-state index in [0.29, 0.717) is 17.1 Å². The quantitative estimate of drug-likeness (QED) is 0.568. The number of amides is 2. The van der Waals surface area contributed by atoms with E-state index in [4.69, 9.17) is 9.47 Å². The zero-order chi connectivity index (χ0) is 20.6. The van der Waals surface area contributed by atoms with Crippen molar-refractivity contribution in [2.45, 2.75) is 26.2 Å². The molecule has 0 spiro atoms. The number of benzene rings is 2. The SMILES string of the molecule is C=CCOc1ccccc1C(=O)NNC(=O)COc1ccccc1C(C)(C)C. The van der Waals surface area contributed by atoms with E-state index in [1.54, 1.807) is 30.3 Å². The van der Waals surface area contributed by atoms with Crippen LogP contribution in [0.15, 0.2) is 61.2 Å². The second-order valence-corrected chi connectivity index (χ2v) is 7.13. The molecule has 28 heavy (non-hydrogen) atoms. The van der Waals surface area contributed by atoms with Crippen molar-refractivity contribution in [1.29, 1.82) is 0 Å². The first-order chi connectivity index (χ1) is 13.3. The van der Waals surface area contributed by atoms with Crippen LogP contribution in [-0.4, -0.2) is 25.0 Å². The van der Waals surface area contributed by atoms with E-state index < -0.39 is 11.8 Å². The summed E-state index contributed by atoms with van der Waals surface area (Å²) in [5, 5.41) is 0. The van der Waals surface area contributed by atoms with Crippen LogP contribution < -0.4 is 20.3 Å². The van der Waals surface area contributed by atoms with Crippen molar-refractivity contribution >= 4 is 11.8 Å². The lowest BCUT2D eigenvalue weighted by molar-refractivity contribution is -0.123. The fraction of sp³-hybridized carbons (Fsp3) is 0.273. The maximum absolute atomic E-state index is 12.3. The molecule has 0 heterocycles. The summed E-state index contributed by atoms with van der Waals surface area (Å²) < 4.78 is 11.1. The number of ether oxygens (including phenoxy) is 2. The second kappa shape index (κ2) is 9.60. The molecule has 6 heteroatoms. The Morgan fingerprint density at radius 3 is 2.29 bits per heavy atom. The fourth-order valence-electron chi connectivity index (χ4n) is 2.51. The smallest absolute Gasteiger partial charge is 0.276 e. The lowest BCUT2D eigenvalue weighted by Crippen LogP contribution is -2.44. The van der Waals surface area contributed by atoms with E-state index in [1.165, 1.54) is 0 Å². The zero-order valence-electron chi connectivity index (χ0n) is 16.5. The number of carbonyl (C=O) groups is 2. The topological polar surface area (TPSA) is 76.7 Å². The van der Waals surface area contributed by atoms with Gasteiger partial charge in [0.05, 0.1) is 5.56 Å². The highest BCUT2D eigenvalue weighted by Gasteiger charge is 2.19. The van der Waals surface area contributed by atoms with Crippen LogP contribution in [0.5, 0.6) is 11.5 Å². The Kier molecular flexibility index (Phi) is 7.21. The monoisotopic (exact) mass is 382 g/mol. The lowest BCUT2D eigenvalue weighted by Gasteiger charge is -2.22. The number of rotatable bonds is 7. The average molecular weight is 382 g/mol. The first-order valence-electron chi connectivity index (χ1n) is 8.97. The number of nitrogens with one attached hydrogen (secondary N) is 2. The molecular weight excluding hydrogens is 356 g/mol. The van der Waals surface area contributed by atoms with Gasteiger partial charge in [0, 0.05) is 0 Å². The Labute approximate surface area is 165 Å². The molecule has 6 nitrogen and oxygen atoms in total. The molecule has 2 amide bonds. The van der Waals surface area contributed by atoms with Gasteiger partial charge in [-0.3, -0.25) is 20.4 Å². The Balaban J connectivity index is 1.92. The number of carbonyl (C=O) groups excluding carboxylic acids is 2. The molecular formula is C22H26N2O4. The van der Waals surface area contributed by atoms with Gasteiger partial charge < -0.3 is 9.47 Å². The summed E-state index contributed by atoms with van der Waals surface area (Å²) in [7, 11) is 0. The van der Waals surface area contributed by atoms with Gasteiger partial charge >= 0.3 is 0 Å². The van der Waals surface area contributed by atoms with Crippen molar-refractivity contribution < 1.29 is 19.1 Å². The Hall–Kier alpha value is -3.28. The first-order valence-corrected chi connectivity index (χ1v) is 8.97.